The molecular weight excluding hydrogens is 324 g/mol. The highest BCUT2D eigenvalue weighted by Crippen LogP contribution is 2.25. The molecule has 2 N–H and O–H groups in total. The summed E-state index contributed by atoms with van der Waals surface area (Å²) >= 11 is 1.59. The number of rotatable bonds is 5. The largest absolute Gasteiger partial charge is 0.441 e. The molecular formula is C18H24N2O3S. The molecule has 24 heavy (non-hydrogen) atoms. The third-order valence-electron chi connectivity index (χ3n) is 4.73. The highest BCUT2D eigenvalue weighted by molar-refractivity contribution is 7.08. The fourth-order valence-corrected chi connectivity index (χ4v) is 3.93. The van der Waals surface area contributed by atoms with Crippen LogP contribution in [0.2, 0.25) is 0 Å². The minimum atomic E-state index is -0.0476. The van der Waals surface area contributed by atoms with Crippen molar-refractivity contribution in [2.24, 2.45) is 5.92 Å². The van der Waals surface area contributed by atoms with Gasteiger partial charge >= 0.3 is 0 Å². The number of oxazole rings is 1. The van der Waals surface area contributed by atoms with E-state index in [4.69, 9.17) is 4.42 Å². The van der Waals surface area contributed by atoms with Crippen molar-refractivity contribution in [1.82, 2.24) is 10.3 Å². The summed E-state index contributed by atoms with van der Waals surface area (Å²) in [6.07, 6.45) is 5.54. The lowest BCUT2D eigenvalue weighted by molar-refractivity contribution is -0.121. The number of thiophene rings is 1. The molecule has 0 saturated heterocycles. The van der Waals surface area contributed by atoms with Gasteiger partial charge in [-0.05, 0) is 31.2 Å². The van der Waals surface area contributed by atoms with Crippen LogP contribution >= 0.6 is 11.3 Å². The van der Waals surface area contributed by atoms with E-state index in [1.54, 1.807) is 11.3 Å². The number of hydrogen-bond donors (Lipinski definition) is 2. The number of aromatic nitrogens is 1. The van der Waals surface area contributed by atoms with Crippen LogP contribution in [0, 0.1) is 12.8 Å². The first-order valence-corrected chi connectivity index (χ1v) is 9.50. The Morgan fingerprint density at radius 3 is 3.00 bits per heavy atom. The molecule has 0 aliphatic heterocycles. The Balaban J connectivity index is 1.64. The molecule has 2 atom stereocenters. The minimum absolute atomic E-state index is 0.0476. The molecule has 2 aromatic heterocycles. The first-order valence-electron chi connectivity index (χ1n) is 8.56. The van der Waals surface area contributed by atoms with E-state index in [2.05, 4.69) is 10.3 Å². The van der Waals surface area contributed by atoms with E-state index in [1.807, 2.05) is 23.8 Å². The SMILES string of the molecule is Cc1oc(-c2ccsc2)nc1CC(=O)N[C@@H]1CCCCC[C@H]1CO. The number of nitrogens with zero attached hydrogens (tertiary/aromatic N) is 1. The average molecular weight is 348 g/mol. The fraction of sp³-hybridized carbons (Fsp3) is 0.556. The van der Waals surface area contributed by atoms with Crippen molar-refractivity contribution in [3.63, 3.8) is 0 Å². The lowest BCUT2D eigenvalue weighted by Crippen LogP contribution is -2.41. The third-order valence-corrected chi connectivity index (χ3v) is 5.41. The van der Waals surface area contributed by atoms with Crippen LogP contribution in [0.1, 0.15) is 43.6 Å². The van der Waals surface area contributed by atoms with Gasteiger partial charge < -0.3 is 14.8 Å². The molecule has 5 nitrogen and oxygen atoms in total. The standard InChI is InChI=1S/C18H24N2O3S/c1-12-16(20-18(23-12)14-7-8-24-11-14)9-17(22)19-15-6-4-2-3-5-13(15)10-21/h7-8,11,13,15,21H,2-6,9-10H2,1H3,(H,19,22)/t13-,15+/m0/s1. The van der Waals surface area contributed by atoms with Gasteiger partial charge in [-0.2, -0.15) is 11.3 Å². The summed E-state index contributed by atoms with van der Waals surface area (Å²) in [7, 11) is 0. The Bertz CT molecular complexity index is 666. The summed E-state index contributed by atoms with van der Waals surface area (Å²) in [6, 6.07) is 2.02. The summed E-state index contributed by atoms with van der Waals surface area (Å²) in [4.78, 5) is 16.9. The Kier molecular flexibility index (Phi) is 5.68. The Morgan fingerprint density at radius 1 is 1.42 bits per heavy atom. The molecule has 3 rings (SSSR count). The fourth-order valence-electron chi connectivity index (χ4n) is 3.30. The number of aliphatic hydroxyl groups excluding tert-OH is 1. The predicted molar refractivity (Wildman–Crippen MR) is 93.8 cm³/mol. The zero-order valence-electron chi connectivity index (χ0n) is 14.0. The van der Waals surface area contributed by atoms with Crippen LogP contribution in [0.25, 0.3) is 11.5 Å². The summed E-state index contributed by atoms with van der Waals surface area (Å²) in [6.45, 7) is 1.98. The summed E-state index contributed by atoms with van der Waals surface area (Å²) in [5, 5.41) is 16.6. The van der Waals surface area contributed by atoms with Crippen molar-refractivity contribution >= 4 is 17.2 Å². The van der Waals surface area contributed by atoms with Gasteiger partial charge in [-0.25, -0.2) is 4.98 Å². The number of aryl methyl sites for hydroxylation is 1. The summed E-state index contributed by atoms with van der Waals surface area (Å²) in [5.41, 5.74) is 1.63. The zero-order valence-corrected chi connectivity index (χ0v) is 14.8. The second-order valence-electron chi connectivity index (χ2n) is 6.47. The first kappa shape index (κ1) is 17.2. The number of nitrogens with one attached hydrogen (secondary N) is 1. The van der Waals surface area contributed by atoms with Gasteiger partial charge in [-0.1, -0.05) is 19.3 Å². The second-order valence-corrected chi connectivity index (χ2v) is 7.25. The van der Waals surface area contributed by atoms with Crippen molar-refractivity contribution in [2.45, 2.75) is 51.5 Å². The van der Waals surface area contributed by atoms with Gasteiger partial charge in [0, 0.05) is 29.5 Å². The minimum Gasteiger partial charge on any atom is -0.441 e. The predicted octanol–water partition coefficient (Wildman–Crippen LogP) is 3.31. The van der Waals surface area contributed by atoms with Gasteiger partial charge in [0.1, 0.15) is 5.76 Å². The molecule has 1 saturated carbocycles. The zero-order chi connectivity index (χ0) is 16.9. The van der Waals surface area contributed by atoms with E-state index in [0.717, 1.165) is 31.2 Å². The lowest BCUT2D eigenvalue weighted by Gasteiger charge is -2.24. The van der Waals surface area contributed by atoms with E-state index in [1.165, 1.54) is 6.42 Å². The number of carbonyl (C=O) groups is 1. The van der Waals surface area contributed by atoms with Crippen LogP contribution in [0.15, 0.2) is 21.2 Å². The van der Waals surface area contributed by atoms with Crippen LogP contribution in [-0.4, -0.2) is 28.6 Å². The third kappa shape index (κ3) is 4.05. The number of hydrogen-bond acceptors (Lipinski definition) is 5. The van der Waals surface area contributed by atoms with Crippen molar-refractivity contribution in [3.05, 3.63) is 28.3 Å². The molecule has 130 valence electrons. The summed E-state index contributed by atoms with van der Waals surface area (Å²) in [5.74, 6) is 1.37. The smallest absolute Gasteiger partial charge is 0.227 e. The van der Waals surface area contributed by atoms with Crippen LogP contribution in [0.3, 0.4) is 0 Å². The molecule has 0 spiro atoms. The number of carbonyl (C=O) groups excluding carboxylic acids is 1. The highest BCUT2D eigenvalue weighted by atomic mass is 32.1. The Hall–Kier alpha value is -1.66. The highest BCUT2D eigenvalue weighted by Gasteiger charge is 2.25. The molecule has 2 heterocycles. The van der Waals surface area contributed by atoms with Crippen molar-refractivity contribution in [2.75, 3.05) is 6.61 Å². The monoisotopic (exact) mass is 348 g/mol. The van der Waals surface area contributed by atoms with E-state index in [0.29, 0.717) is 17.3 Å². The van der Waals surface area contributed by atoms with Crippen molar-refractivity contribution < 1.29 is 14.3 Å². The van der Waals surface area contributed by atoms with Gasteiger partial charge in [-0.3, -0.25) is 4.79 Å². The Labute approximate surface area is 146 Å². The van der Waals surface area contributed by atoms with Gasteiger partial charge in [0.15, 0.2) is 0 Å². The van der Waals surface area contributed by atoms with Crippen LogP contribution in [0.4, 0.5) is 0 Å². The van der Waals surface area contributed by atoms with Crippen molar-refractivity contribution in [3.8, 4) is 11.5 Å². The van der Waals surface area contributed by atoms with Gasteiger partial charge in [0.05, 0.1) is 12.1 Å². The molecule has 0 radical (unpaired) electrons. The normalized spacial score (nSPS) is 21.4. The molecule has 1 aliphatic rings. The number of aliphatic hydroxyl groups is 1. The van der Waals surface area contributed by atoms with E-state index in [-0.39, 0.29) is 30.9 Å². The topological polar surface area (TPSA) is 75.4 Å². The quantitative estimate of drug-likeness (QED) is 0.813. The summed E-state index contributed by atoms with van der Waals surface area (Å²) < 4.78 is 5.69. The average Bonchev–Trinajstić information content (AvgIpc) is 3.15. The molecule has 1 amide bonds. The molecule has 2 aromatic rings. The molecule has 1 aliphatic carbocycles. The van der Waals surface area contributed by atoms with Gasteiger partial charge in [-0.15, -0.1) is 0 Å². The van der Waals surface area contributed by atoms with E-state index in [9.17, 15) is 9.90 Å². The molecule has 6 heteroatoms. The first-order chi connectivity index (χ1) is 11.7. The molecule has 0 bridgehead atoms. The Morgan fingerprint density at radius 2 is 2.25 bits per heavy atom. The maximum absolute atomic E-state index is 12.4. The molecule has 0 aromatic carbocycles. The van der Waals surface area contributed by atoms with Crippen LogP contribution in [0.5, 0.6) is 0 Å². The maximum Gasteiger partial charge on any atom is 0.227 e. The van der Waals surface area contributed by atoms with Crippen LogP contribution in [-0.2, 0) is 11.2 Å². The molecule has 1 fully saturated rings. The van der Waals surface area contributed by atoms with Gasteiger partial charge in [0.2, 0.25) is 11.8 Å². The van der Waals surface area contributed by atoms with Gasteiger partial charge in [0.25, 0.3) is 0 Å². The van der Waals surface area contributed by atoms with Crippen molar-refractivity contribution in [1.29, 1.82) is 0 Å². The molecule has 0 unspecified atom stereocenters. The lowest BCUT2D eigenvalue weighted by atomic mass is 9.95. The van der Waals surface area contributed by atoms with E-state index < -0.39 is 0 Å². The second kappa shape index (κ2) is 7.94. The van der Waals surface area contributed by atoms with E-state index >= 15 is 0 Å². The number of amides is 1. The van der Waals surface area contributed by atoms with Crippen LogP contribution < -0.4 is 5.32 Å². The maximum atomic E-state index is 12.4.